The average molecular weight is 364 g/mol. The summed E-state index contributed by atoms with van der Waals surface area (Å²) in [6.45, 7) is 4.30. The highest BCUT2D eigenvalue weighted by Gasteiger charge is 2.28. The molecule has 1 aromatic carbocycles. The zero-order chi connectivity index (χ0) is 18.8. The topological polar surface area (TPSA) is 112 Å². The van der Waals surface area contributed by atoms with E-state index in [-0.39, 0.29) is 17.2 Å². The van der Waals surface area contributed by atoms with Gasteiger partial charge in [-0.05, 0) is 45.0 Å². The highest BCUT2D eigenvalue weighted by Crippen LogP contribution is 2.20. The maximum absolute atomic E-state index is 12.6. The molecule has 1 heterocycles. The molecule has 0 unspecified atom stereocenters. The molecule has 0 atom stereocenters. The third-order valence-corrected chi connectivity index (χ3v) is 5.74. The van der Waals surface area contributed by atoms with E-state index in [2.05, 4.69) is 15.5 Å². The molecule has 134 valence electrons. The van der Waals surface area contributed by atoms with Crippen LogP contribution in [-0.2, 0) is 14.8 Å². The van der Waals surface area contributed by atoms with Gasteiger partial charge in [0.25, 0.3) is 0 Å². The van der Waals surface area contributed by atoms with Crippen molar-refractivity contribution in [3.63, 3.8) is 0 Å². The first kappa shape index (κ1) is 18.8. The van der Waals surface area contributed by atoms with Gasteiger partial charge in [0.15, 0.2) is 5.78 Å². The van der Waals surface area contributed by atoms with Crippen LogP contribution in [0.15, 0.2) is 29.2 Å². The molecule has 1 amide bonds. The predicted octanol–water partition coefficient (Wildman–Crippen LogP) is 1.49. The second-order valence-corrected chi connectivity index (χ2v) is 7.69. The van der Waals surface area contributed by atoms with E-state index < -0.39 is 15.9 Å². The molecule has 2 aromatic rings. The first-order chi connectivity index (χ1) is 11.6. The molecular formula is C16H20N4O4S. The number of ketones is 1. The number of nitrogens with one attached hydrogen (secondary N) is 2. The molecule has 0 aliphatic heterocycles. The van der Waals surface area contributed by atoms with Gasteiger partial charge in [0.05, 0.1) is 17.9 Å². The second kappa shape index (κ2) is 7.16. The summed E-state index contributed by atoms with van der Waals surface area (Å²) < 4.78 is 26.2. The van der Waals surface area contributed by atoms with Crippen LogP contribution in [0, 0.1) is 13.8 Å². The number of anilines is 1. The number of rotatable bonds is 6. The van der Waals surface area contributed by atoms with Gasteiger partial charge in [-0.2, -0.15) is 9.40 Å². The lowest BCUT2D eigenvalue weighted by Crippen LogP contribution is -2.35. The molecular weight excluding hydrogens is 344 g/mol. The fourth-order valence-electron chi connectivity index (χ4n) is 2.35. The van der Waals surface area contributed by atoms with Crippen molar-refractivity contribution in [2.24, 2.45) is 0 Å². The maximum Gasteiger partial charge on any atom is 0.246 e. The standard InChI is InChI=1S/C16H20N4O4S/c1-10-16(11(2)19-18-10)25(23,24)20(4)9-15(22)17-14-7-5-13(6-8-14)12(3)21/h5-8H,9H2,1-4H3,(H,17,22)(H,18,19). The first-order valence-electron chi connectivity index (χ1n) is 7.51. The number of carbonyl (C=O) groups excluding carboxylic acids is 2. The Balaban J connectivity index is 2.08. The van der Waals surface area contributed by atoms with Gasteiger partial charge in [-0.25, -0.2) is 8.42 Å². The number of carbonyl (C=O) groups is 2. The number of hydrogen-bond donors (Lipinski definition) is 2. The van der Waals surface area contributed by atoms with E-state index in [4.69, 9.17) is 0 Å². The predicted molar refractivity (Wildman–Crippen MR) is 93.0 cm³/mol. The molecule has 0 saturated carbocycles. The smallest absolute Gasteiger partial charge is 0.246 e. The summed E-state index contributed by atoms with van der Waals surface area (Å²) in [6.07, 6.45) is 0. The summed E-state index contributed by atoms with van der Waals surface area (Å²) >= 11 is 0. The minimum atomic E-state index is -3.83. The van der Waals surface area contributed by atoms with Crippen molar-refractivity contribution in [2.45, 2.75) is 25.7 Å². The SMILES string of the molecule is CC(=O)c1ccc(NC(=O)CN(C)S(=O)(=O)c2c(C)n[nH]c2C)cc1. The first-order valence-corrected chi connectivity index (χ1v) is 8.95. The summed E-state index contributed by atoms with van der Waals surface area (Å²) in [4.78, 5) is 23.4. The molecule has 8 nitrogen and oxygen atoms in total. The van der Waals surface area contributed by atoms with E-state index in [0.717, 1.165) is 4.31 Å². The van der Waals surface area contributed by atoms with Crippen molar-refractivity contribution >= 4 is 27.4 Å². The Morgan fingerprint density at radius 1 is 1.20 bits per heavy atom. The fraction of sp³-hybridized carbons (Fsp3) is 0.312. The summed E-state index contributed by atoms with van der Waals surface area (Å²) in [5.74, 6) is -0.560. The molecule has 0 radical (unpaired) electrons. The van der Waals surface area contributed by atoms with Gasteiger partial charge >= 0.3 is 0 Å². The number of hydrogen-bond acceptors (Lipinski definition) is 5. The Morgan fingerprint density at radius 3 is 2.28 bits per heavy atom. The van der Waals surface area contributed by atoms with Crippen LogP contribution in [0.25, 0.3) is 0 Å². The Hall–Kier alpha value is -2.52. The number of amides is 1. The van der Waals surface area contributed by atoms with Gasteiger partial charge in [-0.15, -0.1) is 0 Å². The van der Waals surface area contributed by atoms with Gasteiger partial charge in [0.2, 0.25) is 15.9 Å². The normalized spacial score (nSPS) is 11.6. The van der Waals surface area contributed by atoms with Gasteiger partial charge in [-0.3, -0.25) is 14.7 Å². The van der Waals surface area contributed by atoms with Gasteiger partial charge in [0.1, 0.15) is 4.90 Å². The number of likely N-dealkylation sites (N-methyl/N-ethyl adjacent to an activating group) is 1. The van der Waals surface area contributed by atoms with Crippen molar-refractivity contribution in [3.05, 3.63) is 41.2 Å². The zero-order valence-electron chi connectivity index (χ0n) is 14.5. The molecule has 0 fully saturated rings. The second-order valence-electron chi connectivity index (χ2n) is 5.71. The number of nitrogens with zero attached hydrogens (tertiary/aromatic N) is 2. The van der Waals surface area contributed by atoms with Crippen LogP contribution in [0.4, 0.5) is 5.69 Å². The molecule has 25 heavy (non-hydrogen) atoms. The van der Waals surface area contributed by atoms with Crippen LogP contribution in [0.2, 0.25) is 0 Å². The quantitative estimate of drug-likeness (QED) is 0.754. The van der Waals surface area contributed by atoms with Crippen LogP contribution < -0.4 is 5.32 Å². The molecule has 1 aromatic heterocycles. The van der Waals surface area contributed by atoms with Crippen molar-refractivity contribution < 1.29 is 18.0 Å². The number of aromatic amines is 1. The van der Waals surface area contributed by atoms with Crippen LogP contribution in [0.1, 0.15) is 28.7 Å². The monoisotopic (exact) mass is 364 g/mol. The van der Waals surface area contributed by atoms with Crippen molar-refractivity contribution in [2.75, 3.05) is 18.9 Å². The highest BCUT2D eigenvalue weighted by atomic mass is 32.2. The lowest BCUT2D eigenvalue weighted by molar-refractivity contribution is -0.116. The molecule has 0 aliphatic rings. The molecule has 2 N–H and O–H groups in total. The average Bonchev–Trinajstić information content (AvgIpc) is 2.87. The van der Waals surface area contributed by atoms with Gasteiger partial charge in [0, 0.05) is 18.3 Å². The van der Waals surface area contributed by atoms with E-state index >= 15 is 0 Å². The molecule has 2 rings (SSSR count). The van der Waals surface area contributed by atoms with Crippen molar-refractivity contribution in [1.82, 2.24) is 14.5 Å². The number of sulfonamides is 1. The summed E-state index contributed by atoms with van der Waals surface area (Å²) in [5.41, 5.74) is 1.79. The molecule has 9 heteroatoms. The minimum absolute atomic E-state index is 0.0745. The number of H-pyrrole nitrogens is 1. The van der Waals surface area contributed by atoms with E-state index in [0.29, 0.717) is 22.6 Å². The number of aryl methyl sites for hydroxylation is 2. The Labute approximate surface area is 146 Å². The highest BCUT2D eigenvalue weighted by molar-refractivity contribution is 7.89. The van der Waals surface area contributed by atoms with Crippen LogP contribution >= 0.6 is 0 Å². The van der Waals surface area contributed by atoms with E-state index in [1.54, 1.807) is 38.1 Å². The van der Waals surface area contributed by atoms with Crippen molar-refractivity contribution in [1.29, 1.82) is 0 Å². The van der Waals surface area contributed by atoms with E-state index in [1.807, 2.05) is 0 Å². The largest absolute Gasteiger partial charge is 0.325 e. The number of aromatic nitrogens is 2. The molecule has 0 saturated heterocycles. The zero-order valence-corrected chi connectivity index (χ0v) is 15.3. The molecule has 0 bridgehead atoms. The fourth-order valence-corrected chi connectivity index (χ4v) is 3.80. The maximum atomic E-state index is 12.6. The van der Waals surface area contributed by atoms with Crippen LogP contribution in [0.5, 0.6) is 0 Å². The minimum Gasteiger partial charge on any atom is -0.325 e. The number of benzene rings is 1. The van der Waals surface area contributed by atoms with E-state index in [9.17, 15) is 18.0 Å². The summed E-state index contributed by atoms with van der Waals surface area (Å²) in [5, 5.41) is 9.10. The van der Waals surface area contributed by atoms with Crippen LogP contribution in [0.3, 0.4) is 0 Å². The number of Topliss-reactive ketones (excluding diaryl/α,β-unsaturated/α-hetero) is 1. The Bertz CT molecular complexity index is 881. The third-order valence-electron chi connectivity index (χ3n) is 3.67. The Morgan fingerprint density at radius 2 is 1.80 bits per heavy atom. The van der Waals surface area contributed by atoms with Crippen LogP contribution in [-0.4, -0.2) is 48.2 Å². The van der Waals surface area contributed by atoms with E-state index in [1.165, 1.54) is 14.0 Å². The van der Waals surface area contributed by atoms with Gasteiger partial charge < -0.3 is 5.32 Å². The lowest BCUT2D eigenvalue weighted by Gasteiger charge is -2.17. The summed E-state index contributed by atoms with van der Waals surface area (Å²) in [7, 11) is -2.50. The lowest BCUT2D eigenvalue weighted by atomic mass is 10.1. The molecule has 0 spiro atoms. The summed E-state index contributed by atoms with van der Waals surface area (Å²) in [6, 6.07) is 6.37. The Kier molecular flexibility index (Phi) is 5.39. The van der Waals surface area contributed by atoms with Crippen molar-refractivity contribution in [3.8, 4) is 0 Å². The third kappa shape index (κ3) is 4.12. The molecule has 0 aliphatic carbocycles. The van der Waals surface area contributed by atoms with Gasteiger partial charge in [-0.1, -0.05) is 0 Å².